The molecule has 0 spiro atoms. The molecule has 0 fully saturated rings. The summed E-state index contributed by atoms with van der Waals surface area (Å²) in [4.78, 5) is 8.03. The third-order valence-electron chi connectivity index (χ3n) is 1.78. The van der Waals surface area contributed by atoms with Crippen LogP contribution in [0, 0.1) is 0 Å². The first kappa shape index (κ1) is 8.50. The summed E-state index contributed by atoms with van der Waals surface area (Å²) in [5.74, 6) is 0.769. The number of pyridine rings is 2. The number of aromatic nitrogens is 2. The maximum Gasteiger partial charge on any atom is 0.130 e. The van der Waals surface area contributed by atoms with E-state index < -0.39 is 0 Å². The van der Waals surface area contributed by atoms with Gasteiger partial charge in [0.05, 0.1) is 17.6 Å². The van der Waals surface area contributed by atoms with Gasteiger partial charge in [-0.3, -0.25) is 4.98 Å². The average molecular weight is 186 g/mol. The van der Waals surface area contributed by atoms with Gasteiger partial charge in [-0.25, -0.2) is 4.98 Å². The number of nitrogen functional groups attached to an aromatic ring is 1. The van der Waals surface area contributed by atoms with E-state index >= 15 is 0 Å². The summed E-state index contributed by atoms with van der Waals surface area (Å²) >= 11 is 0. The van der Waals surface area contributed by atoms with Gasteiger partial charge in [0.1, 0.15) is 5.82 Å². The summed E-state index contributed by atoms with van der Waals surface area (Å²) in [7, 11) is 0. The highest BCUT2D eigenvalue weighted by molar-refractivity contribution is 5.69. The Morgan fingerprint density at radius 2 is 2.07 bits per heavy atom. The molecule has 4 nitrogen and oxygen atoms in total. The van der Waals surface area contributed by atoms with Gasteiger partial charge in [-0.05, 0) is 18.2 Å². The van der Waals surface area contributed by atoms with Crippen LogP contribution in [0.5, 0.6) is 0 Å². The Kier molecular flexibility index (Phi) is 2.27. The molecule has 2 rings (SSSR count). The SMILES string of the molecule is Nc1cnccc1Nc1ccccn1. The molecule has 0 bridgehead atoms. The predicted molar refractivity (Wildman–Crippen MR) is 56.2 cm³/mol. The molecule has 70 valence electrons. The van der Waals surface area contributed by atoms with Gasteiger partial charge in [0.15, 0.2) is 0 Å². The molecule has 3 N–H and O–H groups in total. The molecule has 0 amide bonds. The third-order valence-corrected chi connectivity index (χ3v) is 1.78. The van der Waals surface area contributed by atoms with Crippen LogP contribution < -0.4 is 11.1 Å². The quantitative estimate of drug-likeness (QED) is 0.750. The Morgan fingerprint density at radius 1 is 1.14 bits per heavy atom. The molecule has 0 aliphatic rings. The Morgan fingerprint density at radius 3 is 2.79 bits per heavy atom. The fourth-order valence-electron chi connectivity index (χ4n) is 1.10. The standard InChI is InChI=1S/C10H10N4/c11-8-7-12-6-4-9(8)14-10-3-1-2-5-13-10/h1-7H,11H2,(H,12,13,14). The summed E-state index contributed by atoms with van der Waals surface area (Å²) < 4.78 is 0. The Labute approximate surface area is 81.8 Å². The van der Waals surface area contributed by atoms with Crippen LogP contribution in [-0.4, -0.2) is 9.97 Å². The van der Waals surface area contributed by atoms with E-state index in [0.717, 1.165) is 11.5 Å². The van der Waals surface area contributed by atoms with Crippen LogP contribution in [0.3, 0.4) is 0 Å². The number of nitrogens with zero attached hydrogens (tertiary/aromatic N) is 2. The lowest BCUT2D eigenvalue weighted by Crippen LogP contribution is -1.97. The third kappa shape index (κ3) is 1.80. The fraction of sp³-hybridized carbons (Fsp3) is 0. The maximum absolute atomic E-state index is 5.72. The van der Waals surface area contributed by atoms with Gasteiger partial charge in [0.2, 0.25) is 0 Å². The van der Waals surface area contributed by atoms with Gasteiger partial charge in [0.25, 0.3) is 0 Å². The normalized spacial score (nSPS) is 9.71. The van der Waals surface area contributed by atoms with Crippen LogP contribution in [0.15, 0.2) is 42.9 Å². The van der Waals surface area contributed by atoms with Crippen molar-refractivity contribution >= 4 is 17.2 Å². The molecule has 14 heavy (non-hydrogen) atoms. The zero-order valence-corrected chi connectivity index (χ0v) is 7.51. The van der Waals surface area contributed by atoms with Crippen molar-refractivity contribution in [2.24, 2.45) is 0 Å². The highest BCUT2D eigenvalue weighted by Gasteiger charge is 1.98. The summed E-state index contributed by atoms with van der Waals surface area (Å²) in [6, 6.07) is 7.46. The number of hydrogen-bond donors (Lipinski definition) is 2. The van der Waals surface area contributed by atoms with Crippen molar-refractivity contribution in [2.75, 3.05) is 11.1 Å². The Hall–Kier alpha value is -2.10. The van der Waals surface area contributed by atoms with Gasteiger partial charge >= 0.3 is 0 Å². The largest absolute Gasteiger partial charge is 0.396 e. The van der Waals surface area contributed by atoms with E-state index in [1.54, 1.807) is 18.6 Å². The molecule has 0 radical (unpaired) electrons. The summed E-state index contributed by atoms with van der Waals surface area (Å²) in [6.07, 6.45) is 5.01. The fourth-order valence-corrected chi connectivity index (χ4v) is 1.10. The van der Waals surface area contributed by atoms with E-state index in [-0.39, 0.29) is 0 Å². The molecule has 2 aromatic heterocycles. The minimum absolute atomic E-state index is 0.609. The van der Waals surface area contributed by atoms with E-state index in [4.69, 9.17) is 5.73 Å². The van der Waals surface area contributed by atoms with Crippen LogP contribution in [0.1, 0.15) is 0 Å². The van der Waals surface area contributed by atoms with Crippen LogP contribution in [0.2, 0.25) is 0 Å². The highest BCUT2D eigenvalue weighted by Crippen LogP contribution is 2.19. The van der Waals surface area contributed by atoms with E-state index in [1.807, 2.05) is 24.3 Å². The smallest absolute Gasteiger partial charge is 0.130 e. The molecule has 0 aromatic carbocycles. The van der Waals surface area contributed by atoms with Crippen molar-refractivity contribution in [3.05, 3.63) is 42.9 Å². The molecule has 0 saturated carbocycles. The summed E-state index contributed by atoms with van der Waals surface area (Å²) in [6.45, 7) is 0. The molecule has 0 atom stereocenters. The summed E-state index contributed by atoms with van der Waals surface area (Å²) in [5.41, 5.74) is 7.14. The first-order chi connectivity index (χ1) is 6.86. The first-order valence-electron chi connectivity index (χ1n) is 4.24. The lowest BCUT2D eigenvalue weighted by atomic mass is 10.3. The van der Waals surface area contributed by atoms with Crippen molar-refractivity contribution < 1.29 is 0 Å². The van der Waals surface area contributed by atoms with E-state index in [2.05, 4.69) is 15.3 Å². The van der Waals surface area contributed by atoms with Gasteiger partial charge in [-0.15, -0.1) is 0 Å². The van der Waals surface area contributed by atoms with Crippen LogP contribution in [0.25, 0.3) is 0 Å². The number of anilines is 3. The maximum atomic E-state index is 5.72. The highest BCUT2D eigenvalue weighted by atomic mass is 15.0. The molecular formula is C10H10N4. The van der Waals surface area contributed by atoms with Gasteiger partial charge in [-0.1, -0.05) is 6.07 Å². The van der Waals surface area contributed by atoms with Gasteiger partial charge in [0, 0.05) is 12.4 Å². The summed E-state index contributed by atoms with van der Waals surface area (Å²) in [5, 5.41) is 3.10. The zero-order chi connectivity index (χ0) is 9.80. The Balaban J connectivity index is 2.24. The first-order valence-corrected chi connectivity index (χ1v) is 4.24. The van der Waals surface area contributed by atoms with Crippen molar-refractivity contribution in [3.8, 4) is 0 Å². The minimum atomic E-state index is 0.609. The number of nitrogens with one attached hydrogen (secondary N) is 1. The predicted octanol–water partition coefficient (Wildman–Crippen LogP) is 1.80. The second-order valence-electron chi connectivity index (χ2n) is 2.80. The van der Waals surface area contributed by atoms with Gasteiger partial charge < -0.3 is 11.1 Å². The zero-order valence-electron chi connectivity index (χ0n) is 7.51. The molecule has 0 unspecified atom stereocenters. The Bertz CT molecular complexity index is 413. The van der Waals surface area contributed by atoms with E-state index in [1.165, 1.54) is 0 Å². The van der Waals surface area contributed by atoms with Crippen LogP contribution >= 0.6 is 0 Å². The average Bonchev–Trinajstić information content (AvgIpc) is 2.23. The molecule has 0 aliphatic heterocycles. The molecule has 0 saturated heterocycles. The van der Waals surface area contributed by atoms with Crippen LogP contribution in [-0.2, 0) is 0 Å². The topological polar surface area (TPSA) is 63.8 Å². The molecular weight excluding hydrogens is 176 g/mol. The monoisotopic (exact) mass is 186 g/mol. The molecule has 0 aliphatic carbocycles. The van der Waals surface area contributed by atoms with E-state index in [9.17, 15) is 0 Å². The van der Waals surface area contributed by atoms with Crippen molar-refractivity contribution in [1.82, 2.24) is 9.97 Å². The molecule has 2 aromatic rings. The molecule has 4 heteroatoms. The number of hydrogen-bond acceptors (Lipinski definition) is 4. The molecule has 2 heterocycles. The minimum Gasteiger partial charge on any atom is -0.396 e. The lowest BCUT2D eigenvalue weighted by molar-refractivity contribution is 1.29. The van der Waals surface area contributed by atoms with E-state index in [0.29, 0.717) is 5.69 Å². The number of nitrogens with two attached hydrogens (primary N) is 1. The van der Waals surface area contributed by atoms with Gasteiger partial charge in [-0.2, -0.15) is 0 Å². The number of rotatable bonds is 2. The lowest BCUT2D eigenvalue weighted by Gasteiger charge is -2.06. The second kappa shape index (κ2) is 3.74. The van der Waals surface area contributed by atoms with Crippen molar-refractivity contribution in [3.63, 3.8) is 0 Å². The van der Waals surface area contributed by atoms with Crippen molar-refractivity contribution in [2.45, 2.75) is 0 Å². The second-order valence-corrected chi connectivity index (χ2v) is 2.80. The van der Waals surface area contributed by atoms with Crippen LogP contribution in [0.4, 0.5) is 17.2 Å². The van der Waals surface area contributed by atoms with Crippen molar-refractivity contribution in [1.29, 1.82) is 0 Å².